The van der Waals surface area contributed by atoms with E-state index in [1.54, 1.807) is 0 Å². The Hall–Kier alpha value is -1.00. The van der Waals surface area contributed by atoms with E-state index >= 15 is 0 Å². The maximum atomic E-state index is 11.0. The van der Waals surface area contributed by atoms with E-state index in [1.807, 2.05) is 0 Å². The summed E-state index contributed by atoms with van der Waals surface area (Å²) in [6.07, 6.45) is 2.64. The first-order chi connectivity index (χ1) is 5.65. The fraction of sp³-hybridized carbons (Fsp3) is 0.286. The summed E-state index contributed by atoms with van der Waals surface area (Å²) in [5, 5.41) is 3.04. The highest BCUT2D eigenvalue weighted by molar-refractivity contribution is 6.35. The number of esters is 1. The largest absolute Gasteiger partial charge is 0.465 e. The van der Waals surface area contributed by atoms with Crippen molar-refractivity contribution in [2.24, 2.45) is 5.73 Å². The number of rotatable bonds is 1. The molecule has 0 saturated carbocycles. The number of ether oxygens (including phenoxy) is 1. The van der Waals surface area contributed by atoms with Crippen LogP contribution in [0.5, 0.6) is 0 Å². The molecule has 0 aromatic carbocycles. The fourth-order valence-electron chi connectivity index (χ4n) is 0.810. The SMILES string of the molecule is COC(=O)C1=CNC(N)C=C1Cl. The van der Waals surface area contributed by atoms with Gasteiger partial charge >= 0.3 is 5.97 Å². The van der Waals surface area contributed by atoms with Gasteiger partial charge in [-0.15, -0.1) is 0 Å². The lowest BCUT2D eigenvalue weighted by molar-refractivity contribution is -0.135. The van der Waals surface area contributed by atoms with Crippen molar-refractivity contribution >= 4 is 17.6 Å². The van der Waals surface area contributed by atoms with Crippen LogP contribution in [-0.4, -0.2) is 19.2 Å². The van der Waals surface area contributed by atoms with Gasteiger partial charge < -0.3 is 15.8 Å². The van der Waals surface area contributed by atoms with Gasteiger partial charge in [0.2, 0.25) is 0 Å². The molecule has 0 bridgehead atoms. The molecule has 5 heteroatoms. The minimum atomic E-state index is -0.476. The molecule has 0 aromatic heterocycles. The predicted octanol–water partition coefficient (Wildman–Crippen LogP) is 0.0540. The van der Waals surface area contributed by atoms with Crippen molar-refractivity contribution in [2.45, 2.75) is 6.17 Å². The van der Waals surface area contributed by atoms with Crippen molar-refractivity contribution in [1.82, 2.24) is 5.32 Å². The van der Waals surface area contributed by atoms with E-state index in [9.17, 15) is 4.79 Å². The number of dihydropyridines is 1. The fourth-order valence-corrected chi connectivity index (χ4v) is 1.08. The number of carbonyl (C=O) groups is 1. The summed E-state index contributed by atoms with van der Waals surface area (Å²) in [6.45, 7) is 0. The maximum absolute atomic E-state index is 11.0. The van der Waals surface area contributed by atoms with Crippen LogP contribution in [-0.2, 0) is 9.53 Å². The number of halogens is 1. The third-order valence-electron chi connectivity index (χ3n) is 1.41. The average molecular weight is 189 g/mol. The lowest BCUT2D eigenvalue weighted by atomic mass is 10.2. The molecule has 1 atom stereocenters. The first-order valence-electron chi connectivity index (χ1n) is 3.33. The molecule has 0 spiro atoms. The van der Waals surface area contributed by atoms with Gasteiger partial charge in [0, 0.05) is 6.20 Å². The van der Waals surface area contributed by atoms with Crippen LogP contribution < -0.4 is 11.1 Å². The Kier molecular flexibility index (Phi) is 2.73. The van der Waals surface area contributed by atoms with Gasteiger partial charge in [-0.3, -0.25) is 0 Å². The Morgan fingerprint density at radius 3 is 3.00 bits per heavy atom. The van der Waals surface area contributed by atoms with Gasteiger partial charge in [0.25, 0.3) is 0 Å². The van der Waals surface area contributed by atoms with E-state index in [4.69, 9.17) is 17.3 Å². The van der Waals surface area contributed by atoms with Crippen LogP contribution in [0.4, 0.5) is 0 Å². The monoisotopic (exact) mass is 188 g/mol. The van der Waals surface area contributed by atoms with Crippen molar-refractivity contribution in [3.05, 3.63) is 22.9 Å². The van der Waals surface area contributed by atoms with Gasteiger partial charge in [-0.1, -0.05) is 11.6 Å². The lowest BCUT2D eigenvalue weighted by Gasteiger charge is -2.15. The summed E-state index contributed by atoms with van der Waals surface area (Å²) < 4.78 is 4.48. The highest BCUT2D eigenvalue weighted by atomic mass is 35.5. The molecule has 12 heavy (non-hydrogen) atoms. The molecule has 0 aromatic rings. The number of nitrogens with one attached hydrogen (secondary N) is 1. The highest BCUT2D eigenvalue weighted by Gasteiger charge is 2.17. The molecule has 0 saturated heterocycles. The Balaban J connectivity index is 2.81. The second-order valence-corrected chi connectivity index (χ2v) is 2.66. The third kappa shape index (κ3) is 1.78. The van der Waals surface area contributed by atoms with Gasteiger partial charge in [0.05, 0.1) is 23.9 Å². The number of hydrogen-bond acceptors (Lipinski definition) is 4. The Labute approximate surface area is 75.0 Å². The summed E-state index contributed by atoms with van der Waals surface area (Å²) in [4.78, 5) is 11.0. The van der Waals surface area contributed by atoms with E-state index < -0.39 is 5.97 Å². The first kappa shape index (κ1) is 9.09. The number of carbonyl (C=O) groups excluding carboxylic acids is 1. The van der Waals surface area contributed by atoms with Gasteiger partial charge in [-0.2, -0.15) is 0 Å². The lowest BCUT2D eigenvalue weighted by Crippen LogP contribution is -2.35. The van der Waals surface area contributed by atoms with E-state index in [2.05, 4.69) is 10.1 Å². The maximum Gasteiger partial charge on any atom is 0.340 e. The normalized spacial score (nSPS) is 22.1. The number of methoxy groups -OCH3 is 1. The van der Waals surface area contributed by atoms with E-state index in [0.717, 1.165) is 0 Å². The minimum absolute atomic E-state index is 0.292. The van der Waals surface area contributed by atoms with Gasteiger partial charge in [-0.05, 0) is 6.08 Å². The van der Waals surface area contributed by atoms with Crippen LogP contribution in [0.2, 0.25) is 0 Å². The summed E-state index contributed by atoms with van der Waals surface area (Å²) in [5.41, 5.74) is 5.75. The zero-order chi connectivity index (χ0) is 9.14. The molecule has 1 aliphatic rings. The molecule has 0 fully saturated rings. The van der Waals surface area contributed by atoms with E-state index in [1.165, 1.54) is 19.4 Å². The third-order valence-corrected chi connectivity index (χ3v) is 1.74. The zero-order valence-corrected chi connectivity index (χ0v) is 7.26. The highest BCUT2D eigenvalue weighted by Crippen LogP contribution is 2.18. The van der Waals surface area contributed by atoms with Crippen LogP contribution in [0, 0.1) is 0 Å². The van der Waals surface area contributed by atoms with Crippen molar-refractivity contribution < 1.29 is 9.53 Å². The second kappa shape index (κ2) is 3.60. The quantitative estimate of drug-likeness (QED) is 0.571. The molecule has 4 nitrogen and oxygen atoms in total. The molecule has 1 rings (SSSR count). The van der Waals surface area contributed by atoms with Crippen molar-refractivity contribution in [1.29, 1.82) is 0 Å². The van der Waals surface area contributed by atoms with Crippen LogP contribution in [0.1, 0.15) is 0 Å². The van der Waals surface area contributed by atoms with Crippen molar-refractivity contribution in [3.8, 4) is 0 Å². The molecule has 0 radical (unpaired) electrons. The Bertz CT molecular complexity index is 260. The molecule has 0 amide bonds. The van der Waals surface area contributed by atoms with Crippen molar-refractivity contribution in [3.63, 3.8) is 0 Å². The summed E-state index contributed by atoms with van der Waals surface area (Å²) in [5.74, 6) is -0.476. The molecule has 66 valence electrons. The zero-order valence-electron chi connectivity index (χ0n) is 6.50. The van der Waals surface area contributed by atoms with Crippen LogP contribution in [0.25, 0.3) is 0 Å². The molecule has 1 aliphatic heterocycles. The Morgan fingerprint density at radius 2 is 2.50 bits per heavy atom. The average Bonchev–Trinajstić information content (AvgIpc) is 2.03. The standard InChI is InChI=1S/C7H9ClN2O2/c1-12-7(11)4-3-10-6(9)2-5(4)8/h2-3,6,10H,9H2,1H3. The van der Waals surface area contributed by atoms with E-state index in [0.29, 0.717) is 10.6 Å². The summed E-state index contributed by atoms with van der Waals surface area (Å²) in [7, 11) is 1.29. The number of hydrogen-bond donors (Lipinski definition) is 2. The molecule has 1 heterocycles. The molecular weight excluding hydrogens is 180 g/mol. The second-order valence-electron chi connectivity index (χ2n) is 2.26. The number of nitrogens with two attached hydrogens (primary N) is 1. The van der Waals surface area contributed by atoms with Crippen molar-refractivity contribution in [2.75, 3.05) is 7.11 Å². The molecular formula is C7H9ClN2O2. The van der Waals surface area contributed by atoms with Crippen LogP contribution >= 0.6 is 11.6 Å². The Morgan fingerprint density at radius 1 is 1.83 bits per heavy atom. The van der Waals surface area contributed by atoms with E-state index in [-0.39, 0.29) is 6.17 Å². The topological polar surface area (TPSA) is 64.3 Å². The molecule has 3 N–H and O–H groups in total. The summed E-state index contributed by atoms with van der Waals surface area (Å²) in [6, 6.07) is 0. The van der Waals surface area contributed by atoms with Crippen LogP contribution in [0.3, 0.4) is 0 Å². The van der Waals surface area contributed by atoms with Gasteiger partial charge in [-0.25, -0.2) is 4.79 Å². The smallest absolute Gasteiger partial charge is 0.340 e. The predicted molar refractivity (Wildman–Crippen MR) is 45.1 cm³/mol. The van der Waals surface area contributed by atoms with Crippen LogP contribution in [0.15, 0.2) is 22.9 Å². The molecule has 0 aliphatic carbocycles. The molecule has 1 unspecified atom stereocenters. The first-order valence-corrected chi connectivity index (χ1v) is 3.70. The minimum Gasteiger partial charge on any atom is -0.465 e. The van der Waals surface area contributed by atoms with Gasteiger partial charge in [0.15, 0.2) is 0 Å². The van der Waals surface area contributed by atoms with Gasteiger partial charge in [0.1, 0.15) is 0 Å². The summed E-state index contributed by atoms with van der Waals surface area (Å²) >= 11 is 5.72.